The van der Waals surface area contributed by atoms with Gasteiger partial charge < -0.3 is 10.6 Å². The Labute approximate surface area is 218 Å². The van der Waals surface area contributed by atoms with Gasteiger partial charge in [-0.1, -0.05) is 65.0 Å². The summed E-state index contributed by atoms with van der Waals surface area (Å²) in [6.07, 6.45) is 12.9. The standard InChI is InChI=1S/C32H45N3O/c1-6-24(7-2)12-10-9-11-13-27-22-31-30(21-26(27)8-3)28(18-19-33-31)20-25-14-16-29(17-15-25)35-32(36)34-23(4)5/h14-19,21-24H,6-13,20H2,1-5H3,(H2,34,35,36). The van der Waals surface area contributed by atoms with E-state index in [1.807, 2.05) is 32.2 Å². The van der Waals surface area contributed by atoms with Crippen molar-refractivity contribution in [2.24, 2.45) is 5.92 Å². The molecule has 0 unspecified atom stereocenters. The molecule has 0 aliphatic rings. The number of aryl methyl sites for hydroxylation is 2. The number of fused-ring (bicyclic) bond motifs is 1. The number of pyridine rings is 1. The number of unbranched alkanes of at least 4 members (excludes halogenated alkanes) is 2. The second kappa shape index (κ2) is 14.0. The van der Waals surface area contributed by atoms with Gasteiger partial charge in [-0.2, -0.15) is 0 Å². The van der Waals surface area contributed by atoms with Crippen LogP contribution in [0.3, 0.4) is 0 Å². The van der Waals surface area contributed by atoms with Crippen molar-refractivity contribution in [3.8, 4) is 0 Å². The van der Waals surface area contributed by atoms with Gasteiger partial charge in [0.05, 0.1) is 5.52 Å². The van der Waals surface area contributed by atoms with Gasteiger partial charge in [0.15, 0.2) is 0 Å². The maximum absolute atomic E-state index is 12.0. The number of hydrogen-bond donors (Lipinski definition) is 2. The molecule has 0 bridgehead atoms. The monoisotopic (exact) mass is 487 g/mol. The minimum Gasteiger partial charge on any atom is -0.336 e. The molecule has 3 rings (SSSR count). The molecular weight excluding hydrogens is 442 g/mol. The van der Waals surface area contributed by atoms with Crippen LogP contribution < -0.4 is 10.6 Å². The van der Waals surface area contributed by atoms with E-state index in [1.165, 1.54) is 66.2 Å². The van der Waals surface area contributed by atoms with E-state index < -0.39 is 0 Å². The molecule has 3 aromatic rings. The Morgan fingerprint density at radius 2 is 1.64 bits per heavy atom. The number of carbonyl (C=O) groups excluding carboxylic acids is 1. The second-order valence-electron chi connectivity index (χ2n) is 10.4. The molecule has 0 aliphatic carbocycles. The van der Waals surface area contributed by atoms with Gasteiger partial charge in [-0.05, 0) is 98.0 Å². The first-order valence-electron chi connectivity index (χ1n) is 14.0. The molecule has 2 N–H and O–H groups in total. The van der Waals surface area contributed by atoms with Gasteiger partial charge in [0.25, 0.3) is 0 Å². The van der Waals surface area contributed by atoms with Gasteiger partial charge in [-0.15, -0.1) is 0 Å². The number of anilines is 1. The van der Waals surface area contributed by atoms with Crippen LogP contribution in [0, 0.1) is 5.92 Å². The molecule has 36 heavy (non-hydrogen) atoms. The normalized spacial score (nSPS) is 11.4. The number of urea groups is 1. The Morgan fingerprint density at radius 3 is 2.31 bits per heavy atom. The first kappa shape index (κ1) is 27.7. The van der Waals surface area contributed by atoms with Crippen molar-refractivity contribution < 1.29 is 4.79 Å². The molecule has 0 saturated heterocycles. The van der Waals surface area contributed by atoms with E-state index in [0.717, 1.165) is 36.4 Å². The van der Waals surface area contributed by atoms with Crippen molar-refractivity contribution in [2.45, 2.75) is 98.4 Å². The number of aromatic nitrogens is 1. The van der Waals surface area contributed by atoms with Gasteiger partial charge >= 0.3 is 6.03 Å². The lowest BCUT2D eigenvalue weighted by molar-refractivity contribution is 0.250. The van der Waals surface area contributed by atoms with Crippen LogP contribution >= 0.6 is 0 Å². The molecule has 1 aromatic heterocycles. The SMILES string of the molecule is CCc1cc2c(Cc3ccc(NC(=O)NC(C)C)cc3)ccnc2cc1CCCCCC(CC)CC. The fraction of sp³-hybridized carbons (Fsp3) is 0.500. The third-order valence-corrected chi connectivity index (χ3v) is 7.27. The molecule has 2 aromatic carbocycles. The van der Waals surface area contributed by atoms with Crippen LogP contribution in [0.5, 0.6) is 0 Å². The van der Waals surface area contributed by atoms with Gasteiger partial charge in [-0.25, -0.2) is 4.79 Å². The Bertz CT molecular complexity index is 1100. The number of amides is 2. The largest absolute Gasteiger partial charge is 0.336 e. The van der Waals surface area contributed by atoms with Crippen LogP contribution in [0.2, 0.25) is 0 Å². The van der Waals surface area contributed by atoms with Gasteiger partial charge in [0.1, 0.15) is 0 Å². The Morgan fingerprint density at radius 1 is 0.889 bits per heavy atom. The van der Waals surface area contributed by atoms with Crippen molar-refractivity contribution in [2.75, 3.05) is 5.32 Å². The lowest BCUT2D eigenvalue weighted by Gasteiger charge is -2.14. The summed E-state index contributed by atoms with van der Waals surface area (Å²) in [6.45, 7) is 10.8. The molecule has 4 heteroatoms. The zero-order valence-corrected chi connectivity index (χ0v) is 23.0. The summed E-state index contributed by atoms with van der Waals surface area (Å²) in [5, 5.41) is 7.00. The molecule has 0 radical (unpaired) electrons. The van der Waals surface area contributed by atoms with Gasteiger partial charge in [0, 0.05) is 23.3 Å². The van der Waals surface area contributed by atoms with Crippen molar-refractivity contribution >= 4 is 22.6 Å². The predicted molar refractivity (Wildman–Crippen MR) is 154 cm³/mol. The molecule has 0 atom stereocenters. The van der Waals surface area contributed by atoms with Crippen molar-refractivity contribution in [3.05, 3.63) is 70.9 Å². The zero-order chi connectivity index (χ0) is 25.9. The molecule has 4 nitrogen and oxygen atoms in total. The third kappa shape index (κ3) is 8.08. The maximum Gasteiger partial charge on any atom is 0.319 e. The Kier molecular flexibility index (Phi) is 10.8. The first-order chi connectivity index (χ1) is 17.4. The molecule has 2 amide bonds. The highest BCUT2D eigenvalue weighted by Crippen LogP contribution is 2.26. The molecule has 0 spiro atoms. The van der Waals surface area contributed by atoms with Crippen molar-refractivity contribution in [1.82, 2.24) is 10.3 Å². The molecule has 194 valence electrons. The average molecular weight is 488 g/mol. The topological polar surface area (TPSA) is 54.0 Å². The van der Waals surface area contributed by atoms with E-state index in [9.17, 15) is 4.79 Å². The molecule has 0 aliphatic heterocycles. The summed E-state index contributed by atoms with van der Waals surface area (Å²) in [6, 6.07) is 14.9. The van der Waals surface area contributed by atoms with Crippen LogP contribution in [0.4, 0.5) is 10.5 Å². The highest BCUT2D eigenvalue weighted by molar-refractivity contribution is 5.89. The Hall–Kier alpha value is -2.88. The number of rotatable bonds is 13. The highest BCUT2D eigenvalue weighted by Gasteiger charge is 2.10. The number of nitrogens with one attached hydrogen (secondary N) is 2. The Balaban J connectivity index is 1.67. The molecule has 0 saturated carbocycles. The summed E-state index contributed by atoms with van der Waals surface area (Å²) in [5.74, 6) is 0.899. The van der Waals surface area contributed by atoms with Crippen LogP contribution in [-0.2, 0) is 19.3 Å². The van der Waals surface area contributed by atoms with E-state index in [1.54, 1.807) is 0 Å². The zero-order valence-electron chi connectivity index (χ0n) is 23.0. The fourth-order valence-corrected chi connectivity index (χ4v) is 5.03. The summed E-state index contributed by atoms with van der Waals surface area (Å²) in [5.41, 5.74) is 7.33. The predicted octanol–water partition coefficient (Wildman–Crippen LogP) is 8.46. The summed E-state index contributed by atoms with van der Waals surface area (Å²) in [4.78, 5) is 16.7. The lowest BCUT2D eigenvalue weighted by atomic mass is 9.92. The molecular formula is C32H45N3O. The van der Waals surface area contributed by atoms with E-state index in [4.69, 9.17) is 4.98 Å². The highest BCUT2D eigenvalue weighted by atomic mass is 16.2. The minimum absolute atomic E-state index is 0.108. The quantitative estimate of drug-likeness (QED) is 0.238. The summed E-state index contributed by atoms with van der Waals surface area (Å²) >= 11 is 0. The third-order valence-electron chi connectivity index (χ3n) is 7.27. The first-order valence-corrected chi connectivity index (χ1v) is 14.0. The maximum atomic E-state index is 12.0. The van der Waals surface area contributed by atoms with Crippen LogP contribution in [-0.4, -0.2) is 17.1 Å². The van der Waals surface area contributed by atoms with Crippen LogP contribution in [0.15, 0.2) is 48.7 Å². The second-order valence-corrected chi connectivity index (χ2v) is 10.4. The summed E-state index contributed by atoms with van der Waals surface area (Å²) in [7, 11) is 0. The molecule has 0 fully saturated rings. The number of carbonyl (C=O) groups is 1. The molecule has 1 heterocycles. The lowest BCUT2D eigenvalue weighted by Crippen LogP contribution is -2.34. The van der Waals surface area contributed by atoms with Crippen molar-refractivity contribution in [1.29, 1.82) is 0 Å². The average Bonchev–Trinajstić information content (AvgIpc) is 2.86. The fourth-order valence-electron chi connectivity index (χ4n) is 5.03. The summed E-state index contributed by atoms with van der Waals surface area (Å²) < 4.78 is 0. The van der Waals surface area contributed by atoms with Gasteiger partial charge in [0.2, 0.25) is 0 Å². The minimum atomic E-state index is -0.174. The van der Waals surface area contributed by atoms with Crippen LogP contribution in [0.25, 0.3) is 10.9 Å². The van der Waals surface area contributed by atoms with Crippen LogP contribution in [0.1, 0.15) is 95.4 Å². The number of nitrogens with zero attached hydrogens (tertiary/aromatic N) is 1. The van der Waals surface area contributed by atoms with Crippen molar-refractivity contribution in [3.63, 3.8) is 0 Å². The number of hydrogen-bond acceptors (Lipinski definition) is 2. The number of benzene rings is 2. The smallest absolute Gasteiger partial charge is 0.319 e. The van der Waals surface area contributed by atoms with E-state index >= 15 is 0 Å². The van der Waals surface area contributed by atoms with E-state index in [2.05, 4.69) is 61.7 Å². The van der Waals surface area contributed by atoms with E-state index in [-0.39, 0.29) is 12.1 Å². The van der Waals surface area contributed by atoms with E-state index in [0.29, 0.717) is 0 Å². The van der Waals surface area contributed by atoms with Gasteiger partial charge in [-0.3, -0.25) is 4.98 Å².